The third-order valence-corrected chi connectivity index (χ3v) is 8.25. The lowest BCUT2D eigenvalue weighted by atomic mass is 9.70. The molecule has 5 nitrogen and oxygen atoms in total. The summed E-state index contributed by atoms with van der Waals surface area (Å²) in [6, 6.07) is 7.85. The number of anilines is 1. The van der Waals surface area contributed by atoms with Crippen molar-refractivity contribution in [1.82, 2.24) is 5.43 Å². The maximum absolute atomic E-state index is 12.4. The average molecular weight is 386 g/mol. The summed E-state index contributed by atoms with van der Waals surface area (Å²) in [5, 5.41) is 4.51. The highest BCUT2D eigenvalue weighted by Crippen LogP contribution is 2.63. The van der Waals surface area contributed by atoms with Crippen LogP contribution < -0.4 is 10.3 Å². The minimum Gasteiger partial charge on any atom is -0.310 e. The van der Waals surface area contributed by atoms with Gasteiger partial charge in [0.1, 0.15) is 0 Å². The topological polar surface area (TPSA) is 61.8 Å². The van der Waals surface area contributed by atoms with E-state index in [0.29, 0.717) is 18.2 Å². The van der Waals surface area contributed by atoms with E-state index >= 15 is 0 Å². The zero-order valence-electron chi connectivity index (χ0n) is 16.2. The number of thioether (sulfide) groups is 1. The Morgan fingerprint density at radius 3 is 2.81 bits per heavy atom. The Hall–Kier alpha value is -1.82. The summed E-state index contributed by atoms with van der Waals surface area (Å²) in [4.78, 5) is 27.5. The summed E-state index contributed by atoms with van der Waals surface area (Å²) >= 11 is 1.55. The van der Waals surface area contributed by atoms with Gasteiger partial charge in [-0.3, -0.25) is 9.59 Å². The molecule has 2 saturated carbocycles. The highest BCUT2D eigenvalue weighted by molar-refractivity contribution is 8.00. The third-order valence-electron chi connectivity index (χ3n) is 7.20. The van der Waals surface area contributed by atoms with Crippen molar-refractivity contribution in [1.29, 1.82) is 0 Å². The van der Waals surface area contributed by atoms with Gasteiger partial charge in [0.05, 0.1) is 11.4 Å². The summed E-state index contributed by atoms with van der Waals surface area (Å²) in [6.07, 6.45) is 3.64. The van der Waals surface area contributed by atoms with Crippen molar-refractivity contribution in [2.45, 2.75) is 51.3 Å². The van der Waals surface area contributed by atoms with Gasteiger partial charge in [0.25, 0.3) is 0 Å². The minimum absolute atomic E-state index is 0.0557. The van der Waals surface area contributed by atoms with Crippen molar-refractivity contribution in [2.75, 3.05) is 17.2 Å². The normalized spacial score (nSPS) is 29.9. The van der Waals surface area contributed by atoms with Crippen LogP contribution in [0.3, 0.4) is 0 Å². The van der Waals surface area contributed by atoms with Gasteiger partial charge in [0.15, 0.2) is 0 Å². The zero-order valence-corrected chi connectivity index (χ0v) is 17.1. The number of para-hydroxylation sites is 1. The Kier molecular flexibility index (Phi) is 4.57. The van der Waals surface area contributed by atoms with Crippen LogP contribution in [-0.4, -0.2) is 29.8 Å². The molecule has 1 N–H and O–H groups in total. The second-order valence-corrected chi connectivity index (χ2v) is 9.66. The monoisotopic (exact) mass is 385 g/mol. The van der Waals surface area contributed by atoms with Crippen molar-refractivity contribution in [3.05, 3.63) is 24.3 Å². The van der Waals surface area contributed by atoms with Crippen LogP contribution in [0.5, 0.6) is 0 Å². The summed E-state index contributed by atoms with van der Waals surface area (Å²) in [5.74, 6) is 1.02. The molecule has 1 heterocycles. The van der Waals surface area contributed by atoms with Crippen LogP contribution in [0.25, 0.3) is 0 Å². The molecule has 3 aliphatic rings. The first-order valence-corrected chi connectivity index (χ1v) is 10.7. The number of hydrogen-bond acceptors (Lipinski definition) is 4. The molecular weight excluding hydrogens is 358 g/mol. The number of amides is 2. The molecule has 2 aliphatic carbocycles. The Morgan fingerprint density at radius 1 is 1.33 bits per heavy atom. The fourth-order valence-corrected chi connectivity index (χ4v) is 5.83. The van der Waals surface area contributed by atoms with Gasteiger partial charge in [-0.05, 0) is 42.7 Å². The first-order chi connectivity index (χ1) is 12.8. The molecule has 1 aromatic rings. The number of carbonyl (C=O) groups is 2. The molecule has 1 aliphatic heterocycles. The van der Waals surface area contributed by atoms with Gasteiger partial charge >= 0.3 is 0 Å². The molecule has 6 heteroatoms. The molecule has 0 spiro atoms. The van der Waals surface area contributed by atoms with E-state index in [0.717, 1.165) is 29.1 Å². The van der Waals surface area contributed by atoms with E-state index in [2.05, 4.69) is 31.3 Å². The van der Waals surface area contributed by atoms with E-state index in [1.165, 1.54) is 6.42 Å². The molecule has 0 aromatic heterocycles. The number of fused-ring (bicyclic) bond motifs is 3. The fourth-order valence-electron chi connectivity index (χ4n) is 4.90. The summed E-state index contributed by atoms with van der Waals surface area (Å²) in [7, 11) is 0. The van der Waals surface area contributed by atoms with Crippen LogP contribution in [0.4, 0.5) is 5.69 Å². The van der Waals surface area contributed by atoms with Crippen molar-refractivity contribution < 1.29 is 9.59 Å². The summed E-state index contributed by atoms with van der Waals surface area (Å²) in [5.41, 5.74) is 5.13. The number of carbonyl (C=O) groups excluding carboxylic acids is 2. The van der Waals surface area contributed by atoms with Crippen LogP contribution in [0.1, 0.15) is 46.5 Å². The molecule has 4 rings (SSSR count). The first kappa shape index (κ1) is 18.5. The van der Waals surface area contributed by atoms with Gasteiger partial charge in [-0.1, -0.05) is 32.9 Å². The average Bonchev–Trinajstić information content (AvgIpc) is 2.99. The van der Waals surface area contributed by atoms with Crippen LogP contribution in [-0.2, 0) is 9.59 Å². The highest BCUT2D eigenvalue weighted by Gasteiger charge is 2.60. The molecule has 27 heavy (non-hydrogen) atoms. The van der Waals surface area contributed by atoms with E-state index in [1.807, 2.05) is 24.3 Å². The van der Waals surface area contributed by atoms with Gasteiger partial charge in [0, 0.05) is 29.0 Å². The number of benzene rings is 1. The Bertz CT molecular complexity index is 819. The van der Waals surface area contributed by atoms with Gasteiger partial charge in [-0.15, -0.1) is 11.8 Å². The van der Waals surface area contributed by atoms with Crippen molar-refractivity contribution >= 4 is 35.0 Å². The predicted molar refractivity (Wildman–Crippen MR) is 109 cm³/mol. The number of nitrogens with one attached hydrogen (secondary N) is 1. The molecule has 2 fully saturated rings. The van der Waals surface area contributed by atoms with Crippen LogP contribution in [0.15, 0.2) is 34.3 Å². The van der Waals surface area contributed by atoms with Crippen molar-refractivity contribution in [2.24, 2.45) is 21.8 Å². The number of rotatable bonds is 4. The van der Waals surface area contributed by atoms with Crippen molar-refractivity contribution in [3.8, 4) is 0 Å². The van der Waals surface area contributed by atoms with E-state index in [4.69, 9.17) is 0 Å². The Balaban J connectivity index is 1.38. The maximum Gasteiger partial charge on any atom is 0.241 e. The van der Waals surface area contributed by atoms with Crippen LogP contribution in [0, 0.1) is 16.7 Å². The third kappa shape index (κ3) is 2.98. The molecule has 2 amide bonds. The Labute approximate surface area is 165 Å². The minimum atomic E-state index is -0.129. The largest absolute Gasteiger partial charge is 0.310 e. The zero-order chi connectivity index (χ0) is 19.2. The lowest BCUT2D eigenvalue weighted by molar-refractivity contribution is -0.121. The number of hydrogen-bond donors (Lipinski definition) is 1. The molecule has 0 radical (unpaired) electrons. The van der Waals surface area contributed by atoms with Crippen LogP contribution in [0.2, 0.25) is 0 Å². The van der Waals surface area contributed by atoms with E-state index < -0.39 is 0 Å². The first-order valence-electron chi connectivity index (χ1n) is 9.71. The number of nitrogens with zero attached hydrogens (tertiary/aromatic N) is 2. The molecule has 0 saturated heterocycles. The van der Waals surface area contributed by atoms with Crippen molar-refractivity contribution in [3.63, 3.8) is 0 Å². The predicted octanol–water partition coefficient (Wildman–Crippen LogP) is 3.83. The van der Waals surface area contributed by atoms with Gasteiger partial charge in [-0.2, -0.15) is 5.10 Å². The lowest BCUT2D eigenvalue weighted by Gasteiger charge is -2.34. The molecule has 144 valence electrons. The molecule has 2 bridgehead atoms. The molecule has 2 atom stereocenters. The van der Waals surface area contributed by atoms with E-state index in [1.54, 1.807) is 16.7 Å². The molecule has 0 unspecified atom stereocenters. The molecule has 1 aromatic carbocycles. The van der Waals surface area contributed by atoms with Crippen LogP contribution >= 0.6 is 11.8 Å². The second-order valence-electron chi connectivity index (χ2n) is 8.64. The fraction of sp³-hybridized carbons (Fsp3) is 0.571. The summed E-state index contributed by atoms with van der Waals surface area (Å²) < 4.78 is 0. The smallest absolute Gasteiger partial charge is 0.241 e. The quantitative estimate of drug-likeness (QED) is 0.801. The van der Waals surface area contributed by atoms with Gasteiger partial charge in [0.2, 0.25) is 11.8 Å². The van der Waals surface area contributed by atoms with Gasteiger partial charge < -0.3 is 4.90 Å². The SMILES string of the molecule is CC1(C)[C@@H]2CC[C@]1(C)/C(=N/NC(=O)CCN1C(=O)CSc3ccccc31)C2. The maximum atomic E-state index is 12.4. The highest BCUT2D eigenvalue weighted by atomic mass is 32.2. The van der Waals surface area contributed by atoms with E-state index in [-0.39, 0.29) is 29.1 Å². The second kappa shape index (κ2) is 6.66. The molecular formula is C21H27N3O2S. The van der Waals surface area contributed by atoms with Gasteiger partial charge in [-0.25, -0.2) is 5.43 Å². The lowest BCUT2D eigenvalue weighted by Crippen LogP contribution is -2.38. The Morgan fingerprint density at radius 2 is 2.11 bits per heavy atom. The standard InChI is InChI=1S/C21H27N3O2S/c1-20(2)14-8-10-21(20,3)17(12-14)22-23-18(25)9-11-24-15-6-4-5-7-16(15)27-13-19(24)26/h4-7,14H,8-13H2,1-3H3,(H,23,25)/b22-17+/t14-,21-/m1/s1. The summed E-state index contributed by atoms with van der Waals surface area (Å²) in [6.45, 7) is 7.32. The number of hydrazone groups is 1. The van der Waals surface area contributed by atoms with E-state index in [9.17, 15) is 9.59 Å².